The molecule has 4 N–H and O–H groups in total. The van der Waals surface area contributed by atoms with Gasteiger partial charge in [-0.15, -0.1) is 0 Å². The summed E-state index contributed by atoms with van der Waals surface area (Å²) in [5.74, 6) is -6.69. The maximum atomic E-state index is 12.5. The first-order chi connectivity index (χ1) is 25.1. The van der Waals surface area contributed by atoms with Gasteiger partial charge in [0.1, 0.15) is 31.1 Å². The third-order valence-electron chi connectivity index (χ3n) is 6.84. The first-order valence-electron chi connectivity index (χ1n) is 16.5. The fraction of sp³-hybridized carbons (Fsp3) is 0.417. The Balaban J connectivity index is 0.000000390. The first kappa shape index (κ1) is 43.0. The summed E-state index contributed by atoms with van der Waals surface area (Å²) in [7, 11) is 0. The van der Waals surface area contributed by atoms with Crippen molar-refractivity contribution in [3.8, 4) is 0 Å². The summed E-state index contributed by atoms with van der Waals surface area (Å²) in [6, 6.07) is 15.7. The van der Waals surface area contributed by atoms with Gasteiger partial charge >= 0.3 is 42.0 Å². The highest BCUT2D eigenvalue weighted by atomic mass is 16.7. The second kappa shape index (κ2) is 21.9. The second-order valence-corrected chi connectivity index (χ2v) is 11.5. The summed E-state index contributed by atoms with van der Waals surface area (Å²) >= 11 is 0. The van der Waals surface area contributed by atoms with Gasteiger partial charge < -0.3 is 49.3 Å². The number of aliphatic hydroxyl groups excluding tert-OH is 1. The molecule has 2 amide bonds. The summed E-state index contributed by atoms with van der Waals surface area (Å²) in [4.78, 5) is 82.3. The van der Waals surface area contributed by atoms with Crippen molar-refractivity contribution in [1.82, 2.24) is 10.6 Å². The molecule has 0 spiro atoms. The van der Waals surface area contributed by atoms with Crippen molar-refractivity contribution in [2.24, 2.45) is 0 Å². The monoisotopic (exact) mass is 744 g/mol. The highest BCUT2D eigenvalue weighted by Gasteiger charge is 2.41. The summed E-state index contributed by atoms with van der Waals surface area (Å²) in [5.41, 5.74) is 0.877. The van der Waals surface area contributed by atoms with E-state index in [0.717, 1.165) is 11.1 Å². The van der Waals surface area contributed by atoms with Gasteiger partial charge in [-0.25, -0.2) is 28.8 Å². The van der Waals surface area contributed by atoms with Crippen LogP contribution in [0.15, 0.2) is 72.0 Å². The summed E-state index contributed by atoms with van der Waals surface area (Å²) < 4.78 is 29.7. The van der Waals surface area contributed by atoms with Gasteiger partial charge in [0.05, 0.1) is 13.2 Å². The van der Waals surface area contributed by atoms with E-state index in [4.69, 9.17) is 28.8 Å². The first-order valence-corrected chi connectivity index (χ1v) is 16.5. The average Bonchev–Trinajstić information content (AvgIpc) is 3.10. The number of rotatable bonds is 16. The minimum atomic E-state index is -1.45. The van der Waals surface area contributed by atoms with Gasteiger partial charge in [-0.05, 0) is 37.8 Å². The number of nitrogens with one attached hydrogen (secondary N) is 2. The molecule has 17 nitrogen and oxygen atoms in total. The van der Waals surface area contributed by atoms with Gasteiger partial charge in [-0.3, -0.25) is 4.79 Å². The molecule has 0 unspecified atom stereocenters. The SMILES string of the molecule is CCOC(=O)N[C@@H](CCC(=O)O)C(=O)OCc1ccccc1.CCOC(=O)N[C@@H](CCC(O)=C1C(=O)OC(C)(C)OC1=O)C(=O)OCc1ccccc1. The fourth-order valence-corrected chi connectivity index (χ4v) is 4.35. The van der Waals surface area contributed by atoms with Gasteiger partial charge in [0.2, 0.25) is 0 Å². The molecular weight excluding hydrogens is 700 g/mol. The van der Waals surface area contributed by atoms with Gasteiger partial charge in [0.25, 0.3) is 5.79 Å². The number of amides is 2. The summed E-state index contributed by atoms with van der Waals surface area (Å²) in [6.07, 6.45) is -2.45. The molecule has 2 aromatic carbocycles. The maximum Gasteiger partial charge on any atom is 0.407 e. The van der Waals surface area contributed by atoms with Crippen molar-refractivity contribution in [1.29, 1.82) is 0 Å². The zero-order valence-electron chi connectivity index (χ0n) is 29.8. The Kier molecular flexibility index (Phi) is 17.8. The van der Waals surface area contributed by atoms with Crippen molar-refractivity contribution < 1.29 is 72.2 Å². The van der Waals surface area contributed by atoms with E-state index < -0.39 is 71.2 Å². The minimum Gasteiger partial charge on any atom is -0.511 e. The van der Waals surface area contributed by atoms with E-state index in [0.29, 0.717) is 0 Å². The van der Waals surface area contributed by atoms with E-state index in [-0.39, 0.29) is 52.1 Å². The largest absolute Gasteiger partial charge is 0.511 e. The number of carboxylic acids is 1. The van der Waals surface area contributed by atoms with Crippen molar-refractivity contribution >= 4 is 42.0 Å². The van der Waals surface area contributed by atoms with Crippen LogP contribution in [-0.2, 0) is 65.6 Å². The number of ether oxygens (including phenoxy) is 6. The lowest BCUT2D eigenvalue weighted by Gasteiger charge is -2.30. The average molecular weight is 745 g/mol. The number of aliphatic hydroxyl groups is 1. The van der Waals surface area contributed by atoms with Gasteiger partial charge in [0, 0.05) is 26.7 Å². The Morgan fingerprint density at radius 3 is 1.43 bits per heavy atom. The number of esters is 4. The Hall–Kier alpha value is -6.13. The van der Waals surface area contributed by atoms with Crippen LogP contribution in [0.5, 0.6) is 0 Å². The molecule has 1 fully saturated rings. The van der Waals surface area contributed by atoms with E-state index in [2.05, 4.69) is 15.4 Å². The smallest absolute Gasteiger partial charge is 0.407 e. The Morgan fingerprint density at radius 2 is 1.06 bits per heavy atom. The molecule has 0 aliphatic carbocycles. The van der Waals surface area contributed by atoms with Crippen LogP contribution in [0.2, 0.25) is 0 Å². The number of carboxylic acid groups (broad SMARTS) is 1. The van der Waals surface area contributed by atoms with Crippen LogP contribution in [-0.4, -0.2) is 83.3 Å². The van der Waals surface area contributed by atoms with E-state index >= 15 is 0 Å². The van der Waals surface area contributed by atoms with E-state index in [9.17, 15) is 38.7 Å². The lowest BCUT2D eigenvalue weighted by molar-refractivity contribution is -0.222. The zero-order valence-corrected chi connectivity index (χ0v) is 29.8. The highest BCUT2D eigenvalue weighted by molar-refractivity contribution is 6.15. The number of aliphatic carboxylic acids is 1. The van der Waals surface area contributed by atoms with Gasteiger partial charge in [-0.2, -0.15) is 0 Å². The predicted molar refractivity (Wildman–Crippen MR) is 182 cm³/mol. The molecule has 1 heterocycles. The number of hydrogen-bond donors (Lipinski definition) is 4. The number of cyclic esters (lactones) is 2. The van der Waals surface area contributed by atoms with Crippen LogP contribution >= 0.6 is 0 Å². The number of carbonyl (C=O) groups excluding carboxylic acids is 6. The molecule has 1 saturated heterocycles. The predicted octanol–water partition coefficient (Wildman–Crippen LogP) is 3.98. The van der Waals surface area contributed by atoms with Crippen LogP contribution in [0, 0.1) is 0 Å². The van der Waals surface area contributed by atoms with Crippen LogP contribution < -0.4 is 10.6 Å². The van der Waals surface area contributed by atoms with Crippen LogP contribution in [0.1, 0.15) is 64.5 Å². The third kappa shape index (κ3) is 16.2. The number of hydrogen-bond acceptors (Lipinski definition) is 14. The fourth-order valence-electron chi connectivity index (χ4n) is 4.35. The number of carbonyl (C=O) groups is 7. The summed E-state index contributed by atoms with van der Waals surface area (Å²) in [5, 5.41) is 23.6. The Labute approximate surface area is 305 Å². The molecule has 2 atom stereocenters. The number of allylic oxidation sites excluding steroid dienone is 1. The quantitative estimate of drug-likeness (QED) is 0.0625. The lowest BCUT2D eigenvalue weighted by atomic mass is 10.1. The Bertz CT molecular complexity index is 1570. The molecule has 53 heavy (non-hydrogen) atoms. The molecule has 17 heteroatoms. The second-order valence-electron chi connectivity index (χ2n) is 11.5. The summed E-state index contributed by atoms with van der Waals surface area (Å²) in [6.45, 7) is 6.23. The topological polar surface area (TPSA) is 239 Å². The van der Waals surface area contributed by atoms with Crippen molar-refractivity contribution in [2.75, 3.05) is 13.2 Å². The Morgan fingerprint density at radius 1 is 0.660 bits per heavy atom. The van der Waals surface area contributed by atoms with Crippen LogP contribution in [0.4, 0.5) is 9.59 Å². The van der Waals surface area contributed by atoms with Crippen molar-refractivity contribution in [2.45, 2.75) is 84.5 Å². The minimum absolute atomic E-state index is 0.0263. The third-order valence-corrected chi connectivity index (χ3v) is 6.84. The molecular formula is C36H44N2O15. The molecule has 0 aromatic heterocycles. The molecule has 1 aliphatic rings. The number of alkyl carbamates (subject to hydrolysis) is 2. The molecule has 288 valence electrons. The van der Waals surface area contributed by atoms with Gasteiger partial charge in [-0.1, -0.05) is 60.7 Å². The normalized spacial score (nSPS) is 14.0. The van der Waals surface area contributed by atoms with E-state index in [1.54, 1.807) is 50.2 Å². The molecule has 2 aromatic rings. The molecule has 0 saturated carbocycles. The molecule has 0 radical (unpaired) electrons. The van der Waals surface area contributed by atoms with Crippen molar-refractivity contribution in [3.63, 3.8) is 0 Å². The standard InChI is InChI=1S/C21H25NO9.C15H19NO6/c1-4-28-20(27)22-14(17(24)29-12-13-8-6-5-7-9-13)10-11-15(23)16-18(25)30-21(2,3)31-19(16)26;1-2-21-15(20)16-12(8-9-13(17)18)14(19)22-10-11-6-4-3-5-7-11/h5-9,14,23H,4,10-12H2,1-3H3,(H,22,27);3-7,12H,2,8-10H2,1H3,(H,16,20)(H,17,18)/t14-;12-/m00/s1. The van der Waals surface area contributed by atoms with Crippen molar-refractivity contribution in [3.05, 3.63) is 83.1 Å². The van der Waals surface area contributed by atoms with Crippen LogP contribution in [0.25, 0.3) is 0 Å². The van der Waals surface area contributed by atoms with Crippen LogP contribution in [0.3, 0.4) is 0 Å². The molecule has 0 bridgehead atoms. The molecule has 3 rings (SSSR count). The number of benzene rings is 2. The lowest BCUT2D eigenvalue weighted by Crippen LogP contribution is -2.43. The maximum absolute atomic E-state index is 12.5. The van der Waals surface area contributed by atoms with E-state index in [1.165, 1.54) is 13.8 Å². The highest BCUT2D eigenvalue weighted by Crippen LogP contribution is 2.25. The zero-order chi connectivity index (χ0) is 39.4. The molecule has 1 aliphatic heterocycles. The van der Waals surface area contributed by atoms with Gasteiger partial charge in [0.15, 0.2) is 5.57 Å². The van der Waals surface area contributed by atoms with E-state index in [1.807, 2.05) is 24.3 Å².